The van der Waals surface area contributed by atoms with E-state index in [9.17, 15) is 19.2 Å². The van der Waals surface area contributed by atoms with Gasteiger partial charge in [0.1, 0.15) is 0 Å². The number of halogens is 1. The Kier molecular flexibility index (Phi) is 5.05. The Morgan fingerprint density at radius 3 is 2.03 bits per heavy atom. The molecule has 2 saturated heterocycles. The Hall–Kier alpha value is -3.17. The zero-order valence-electron chi connectivity index (χ0n) is 18.7. The highest BCUT2D eigenvalue weighted by molar-refractivity contribution is 14.1. The molecule has 3 aromatic rings. The Morgan fingerprint density at radius 2 is 1.43 bits per heavy atom. The zero-order valence-corrected chi connectivity index (χ0v) is 20.9. The van der Waals surface area contributed by atoms with Gasteiger partial charge in [-0.3, -0.25) is 24.1 Å². The molecule has 2 heterocycles. The highest BCUT2D eigenvalue weighted by Crippen LogP contribution is 2.57. The molecular weight excluding hydrogens is 557 g/mol. The van der Waals surface area contributed by atoms with E-state index in [0.717, 1.165) is 14.7 Å². The predicted molar refractivity (Wildman–Crippen MR) is 135 cm³/mol. The fourth-order valence-electron chi connectivity index (χ4n) is 5.56. The first-order valence-electron chi connectivity index (χ1n) is 11.4. The van der Waals surface area contributed by atoms with E-state index in [0.29, 0.717) is 5.56 Å². The summed E-state index contributed by atoms with van der Waals surface area (Å²) < 4.78 is 7.29. The van der Waals surface area contributed by atoms with Crippen LogP contribution in [0.5, 0.6) is 0 Å². The number of carbonyl (C=O) groups is 4. The maximum absolute atomic E-state index is 13.8. The summed E-state index contributed by atoms with van der Waals surface area (Å²) in [5, 5.41) is 0. The van der Waals surface area contributed by atoms with Gasteiger partial charge < -0.3 is 4.74 Å². The van der Waals surface area contributed by atoms with Crippen LogP contribution in [0.4, 0.5) is 0 Å². The first-order valence-corrected chi connectivity index (χ1v) is 12.4. The molecule has 3 atom stereocenters. The quantitative estimate of drug-likeness (QED) is 0.264. The summed E-state index contributed by atoms with van der Waals surface area (Å²) in [6.07, 6.45) is -0.890. The number of fused-ring (bicyclic) bond motifs is 3. The van der Waals surface area contributed by atoms with Crippen molar-refractivity contribution in [3.8, 4) is 0 Å². The Morgan fingerprint density at radius 1 is 0.829 bits per heavy atom. The average molecular weight is 577 g/mol. The van der Waals surface area contributed by atoms with Crippen molar-refractivity contribution in [1.82, 2.24) is 4.90 Å². The number of benzene rings is 3. The number of carbonyl (C=O) groups excluding carboxylic acids is 4. The smallest absolute Gasteiger partial charge is 0.237 e. The van der Waals surface area contributed by atoms with Gasteiger partial charge in [-0.05, 0) is 52.8 Å². The van der Waals surface area contributed by atoms with Crippen LogP contribution in [0.1, 0.15) is 43.5 Å². The zero-order chi connectivity index (χ0) is 24.5. The van der Waals surface area contributed by atoms with Gasteiger partial charge in [-0.2, -0.15) is 0 Å². The van der Waals surface area contributed by atoms with Crippen LogP contribution in [-0.2, 0) is 20.9 Å². The number of ether oxygens (including phenoxy) is 1. The third-order valence-electron chi connectivity index (χ3n) is 7.27. The van der Waals surface area contributed by atoms with E-state index in [4.69, 9.17) is 4.74 Å². The number of hydrogen-bond acceptors (Lipinski definition) is 5. The molecule has 35 heavy (non-hydrogen) atoms. The van der Waals surface area contributed by atoms with Gasteiger partial charge in [0.2, 0.25) is 29.0 Å². The van der Waals surface area contributed by atoms with E-state index < -0.39 is 46.9 Å². The number of aryl methyl sites for hydroxylation is 1. The second-order valence-electron chi connectivity index (χ2n) is 9.28. The van der Waals surface area contributed by atoms with Crippen LogP contribution in [0.2, 0.25) is 0 Å². The Labute approximate surface area is 215 Å². The maximum Gasteiger partial charge on any atom is 0.237 e. The lowest BCUT2D eigenvalue weighted by Gasteiger charge is -2.27. The number of ketones is 2. The minimum absolute atomic E-state index is 0.0791. The molecule has 0 saturated carbocycles. The summed E-state index contributed by atoms with van der Waals surface area (Å²) in [5.74, 6) is -4.22. The van der Waals surface area contributed by atoms with Crippen LogP contribution >= 0.6 is 22.6 Å². The lowest BCUT2D eigenvalue weighted by atomic mass is 9.77. The van der Waals surface area contributed by atoms with Gasteiger partial charge >= 0.3 is 0 Å². The largest absolute Gasteiger partial charge is 0.349 e. The van der Waals surface area contributed by atoms with E-state index in [1.807, 2.05) is 55.5 Å². The van der Waals surface area contributed by atoms with Gasteiger partial charge in [-0.1, -0.05) is 66.2 Å². The van der Waals surface area contributed by atoms with Crippen LogP contribution < -0.4 is 0 Å². The summed E-state index contributed by atoms with van der Waals surface area (Å²) in [7, 11) is 0. The molecule has 1 spiro atoms. The van der Waals surface area contributed by atoms with Gasteiger partial charge in [0.25, 0.3) is 0 Å². The van der Waals surface area contributed by atoms with E-state index in [-0.39, 0.29) is 17.7 Å². The third kappa shape index (κ3) is 3.11. The van der Waals surface area contributed by atoms with Gasteiger partial charge in [0.15, 0.2) is 0 Å². The normalized spacial score (nSPS) is 24.4. The molecule has 2 fully saturated rings. The van der Waals surface area contributed by atoms with Crippen LogP contribution in [0.15, 0.2) is 72.8 Å². The average Bonchev–Trinajstić information content (AvgIpc) is 3.42. The fraction of sp³-hybridized carbons (Fsp3) is 0.214. The molecule has 2 amide bonds. The van der Waals surface area contributed by atoms with E-state index >= 15 is 0 Å². The molecule has 0 bridgehead atoms. The number of amides is 2. The summed E-state index contributed by atoms with van der Waals surface area (Å²) in [6, 6.07) is 21.5. The van der Waals surface area contributed by atoms with Crippen molar-refractivity contribution in [1.29, 1.82) is 0 Å². The molecular formula is C28H20INO5. The first-order chi connectivity index (χ1) is 16.8. The van der Waals surface area contributed by atoms with Gasteiger partial charge in [0.05, 0.1) is 24.5 Å². The van der Waals surface area contributed by atoms with E-state index in [1.54, 1.807) is 24.3 Å². The van der Waals surface area contributed by atoms with Gasteiger partial charge in [0, 0.05) is 14.7 Å². The van der Waals surface area contributed by atoms with Crippen molar-refractivity contribution in [2.75, 3.05) is 0 Å². The Balaban J connectivity index is 1.48. The molecule has 0 unspecified atom stereocenters. The van der Waals surface area contributed by atoms with Crippen molar-refractivity contribution in [3.63, 3.8) is 0 Å². The molecule has 6 rings (SSSR count). The van der Waals surface area contributed by atoms with Crippen LogP contribution in [-0.4, -0.2) is 33.9 Å². The van der Waals surface area contributed by atoms with Crippen LogP contribution in [0.25, 0.3) is 0 Å². The van der Waals surface area contributed by atoms with Gasteiger partial charge in [-0.25, -0.2) is 0 Å². The molecule has 0 aromatic heterocycles. The summed E-state index contributed by atoms with van der Waals surface area (Å²) in [4.78, 5) is 56.2. The number of hydrogen-bond donors (Lipinski definition) is 0. The summed E-state index contributed by atoms with van der Waals surface area (Å²) >= 11 is 2.18. The molecule has 0 N–H and O–H groups in total. The minimum atomic E-state index is -2.03. The van der Waals surface area contributed by atoms with E-state index in [1.165, 1.54) is 4.90 Å². The fourth-order valence-corrected chi connectivity index (χ4v) is 5.92. The summed E-state index contributed by atoms with van der Waals surface area (Å²) in [6.45, 7) is 2.04. The monoisotopic (exact) mass is 577 g/mol. The predicted octanol–water partition coefficient (Wildman–Crippen LogP) is 4.29. The lowest BCUT2D eigenvalue weighted by Crippen LogP contribution is -2.50. The number of rotatable bonds is 3. The SMILES string of the molecule is Cc1ccc(CN2C(=O)[C@@H]3[C@@H](c4ccc(I)cc4)OC4(C(=O)c5ccccc5C4=O)[C@H]3C2=O)cc1. The third-order valence-corrected chi connectivity index (χ3v) is 7.99. The molecule has 3 aromatic carbocycles. The van der Waals surface area contributed by atoms with E-state index in [2.05, 4.69) is 22.6 Å². The molecule has 1 aliphatic carbocycles. The second kappa shape index (κ2) is 7.93. The Bertz CT molecular complexity index is 1380. The molecule has 0 radical (unpaired) electrons. The number of imide groups is 1. The first kappa shape index (κ1) is 22.3. The van der Waals surface area contributed by atoms with Gasteiger partial charge in [-0.15, -0.1) is 0 Å². The van der Waals surface area contributed by atoms with Crippen LogP contribution in [0.3, 0.4) is 0 Å². The standard InChI is InChI=1S/C28H20INO5/c1-15-6-8-16(9-7-15)14-30-26(33)21-22(27(30)34)28(35-23(21)17-10-12-18(29)13-11-17)24(31)19-4-2-3-5-20(19)25(28)32/h2-13,21-23H,14H2,1H3/t21-,22+,23+/m0/s1. The molecule has 3 aliphatic rings. The minimum Gasteiger partial charge on any atom is -0.349 e. The molecule has 174 valence electrons. The highest BCUT2D eigenvalue weighted by atomic mass is 127. The number of nitrogens with zero attached hydrogens (tertiary/aromatic N) is 1. The lowest BCUT2D eigenvalue weighted by molar-refractivity contribution is -0.145. The highest BCUT2D eigenvalue weighted by Gasteiger charge is 2.74. The van der Waals surface area contributed by atoms with Crippen LogP contribution in [0, 0.1) is 22.3 Å². The maximum atomic E-state index is 13.8. The van der Waals surface area contributed by atoms with Crippen molar-refractivity contribution in [3.05, 3.63) is 104 Å². The molecule has 6 nitrogen and oxygen atoms in total. The summed E-state index contributed by atoms with van der Waals surface area (Å²) in [5.41, 5.74) is 0.957. The van der Waals surface area contributed by atoms with Crippen molar-refractivity contribution < 1.29 is 23.9 Å². The van der Waals surface area contributed by atoms with Crippen molar-refractivity contribution >= 4 is 46.0 Å². The van der Waals surface area contributed by atoms with Crippen molar-refractivity contribution in [2.45, 2.75) is 25.2 Å². The topological polar surface area (TPSA) is 80.8 Å². The number of Topliss-reactive ketones (excluding diaryl/α,β-unsaturated/α-hetero) is 2. The van der Waals surface area contributed by atoms with Crippen molar-refractivity contribution in [2.24, 2.45) is 11.8 Å². The second-order valence-corrected chi connectivity index (χ2v) is 10.5. The number of likely N-dealkylation sites (tertiary alicyclic amines) is 1. The molecule has 7 heteroatoms. The molecule has 2 aliphatic heterocycles.